The van der Waals surface area contributed by atoms with Gasteiger partial charge in [0, 0.05) is 17.3 Å². The Labute approximate surface area is 161 Å². The molecular weight excluding hydrogens is 358 g/mol. The topological polar surface area (TPSA) is 149 Å². The zero-order valence-corrected chi connectivity index (χ0v) is 15.5. The van der Waals surface area contributed by atoms with Gasteiger partial charge in [-0.25, -0.2) is 9.97 Å². The number of hydrogen-bond donors (Lipinski definition) is 4. The Morgan fingerprint density at radius 3 is 2.57 bits per heavy atom. The van der Waals surface area contributed by atoms with Crippen LogP contribution in [0.15, 0.2) is 42.7 Å². The SMILES string of the molecule is CC(C)C(Nc1cnc(C(N)=O)c(Nc2ccc3ncccc3c2)n1)C(N)=O. The first-order valence-corrected chi connectivity index (χ1v) is 8.69. The Kier molecular flexibility index (Phi) is 5.35. The van der Waals surface area contributed by atoms with Gasteiger partial charge in [-0.05, 0) is 30.2 Å². The van der Waals surface area contributed by atoms with Crippen molar-refractivity contribution in [3.8, 4) is 0 Å². The van der Waals surface area contributed by atoms with Gasteiger partial charge in [-0.1, -0.05) is 19.9 Å². The van der Waals surface area contributed by atoms with E-state index in [1.807, 2.05) is 44.2 Å². The molecule has 0 radical (unpaired) electrons. The highest BCUT2D eigenvalue weighted by Crippen LogP contribution is 2.23. The fraction of sp³-hybridized carbons (Fsp3) is 0.211. The van der Waals surface area contributed by atoms with E-state index in [-0.39, 0.29) is 17.4 Å². The highest BCUT2D eigenvalue weighted by Gasteiger charge is 2.21. The maximum absolute atomic E-state index is 11.7. The van der Waals surface area contributed by atoms with Gasteiger partial charge >= 0.3 is 0 Å². The summed E-state index contributed by atoms with van der Waals surface area (Å²) in [5, 5.41) is 6.93. The average molecular weight is 379 g/mol. The van der Waals surface area contributed by atoms with Crippen LogP contribution < -0.4 is 22.1 Å². The zero-order chi connectivity index (χ0) is 20.3. The summed E-state index contributed by atoms with van der Waals surface area (Å²) >= 11 is 0. The van der Waals surface area contributed by atoms with Crippen LogP contribution in [-0.4, -0.2) is 32.8 Å². The maximum Gasteiger partial charge on any atom is 0.271 e. The molecule has 144 valence electrons. The van der Waals surface area contributed by atoms with Crippen molar-refractivity contribution in [1.82, 2.24) is 15.0 Å². The van der Waals surface area contributed by atoms with E-state index in [0.717, 1.165) is 10.9 Å². The van der Waals surface area contributed by atoms with Crippen molar-refractivity contribution in [3.63, 3.8) is 0 Å². The van der Waals surface area contributed by atoms with Crippen LogP contribution in [0.3, 0.4) is 0 Å². The number of carbonyl (C=O) groups is 2. The molecule has 0 saturated carbocycles. The molecule has 1 aromatic carbocycles. The van der Waals surface area contributed by atoms with Gasteiger partial charge in [0.2, 0.25) is 5.91 Å². The van der Waals surface area contributed by atoms with Gasteiger partial charge in [0.05, 0.1) is 11.7 Å². The van der Waals surface area contributed by atoms with Crippen LogP contribution in [0, 0.1) is 5.92 Å². The van der Waals surface area contributed by atoms with E-state index in [1.54, 1.807) is 6.20 Å². The molecule has 0 aliphatic heterocycles. The van der Waals surface area contributed by atoms with Gasteiger partial charge in [-0.3, -0.25) is 14.6 Å². The fourth-order valence-corrected chi connectivity index (χ4v) is 2.74. The van der Waals surface area contributed by atoms with E-state index in [1.165, 1.54) is 6.20 Å². The molecule has 0 spiro atoms. The van der Waals surface area contributed by atoms with E-state index >= 15 is 0 Å². The summed E-state index contributed by atoms with van der Waals surface area (Å²) in [5.74, 6) is -0.814. The second-order valence-corrected chi connectivity index (χ2v) is 6.62. The molecule has 0 saturated heterocycles. The second kappa shape index (κ2) is 7.87. The first kappa shape index (κ1) is 19.0. The number of rotatable bonds is 7. The standard InChI is InChI=1S/C19H21N7O2/c1-10(2)15(17(20)27)25-14-9-23-16(18(21)28)19(26-14)24-12-5-6-13-11(8-12)4-3-7-22-13/h3-10,15H,1-2H3,(H2,20,27)(H2,21,28)(H2,24,25,26). The Morgan fingerprint density at radius 1 is 1.11 bits per heavy atom. The lowest BCUT2D eigenvalue weighted by atomic mass is 10.0. The fourth-order valence-electron chi connectivity index (χ4n) is 2.74. The molecule has 1 unspecified atom stereocenters. The minimum absolute atomic E-state index is 0.0167. The number of amides is 2. The molecule has 0 aliphatic rings. The Morgan fingerprint density at radius 2 is 1.89 bits per heavy atom. The van der Waals surface area contributed by atoms with Crippen LogP contribution in [0.1, 0.15) is 24.3 Å². The summed E-state index contributed by atoms with van der Waals surface area (Å²) in [4.78, 5) is 36.1. The zero-order valence-electron chi connectivity index (χ0n) is 15.5. The number of primary amides is 2. The summed E-state index contributed by atoms with van der Waals surface area (Å²) < 4.78 is 0. The summed E-state index contributed by atoms with van der Waals surface area (Å²) in [6.07, 6.45) is 3.05. The molecule has 2 heterocycles. The third-order valence-corrected chi connectivity index (χ3v) is 4.15. The number of nitrogens with one attached hydrogen (secondary N) is 2. The van der Waals surface area contributed by atoms with Gasteiger partial charge in [-0.2, -0.15) is 0 Å². The summed E-state index contributed by atoms with van der Waals surface area (Å²) in [5.41, 5.74) is 12.4. The number of fused-ring (bicyclic) bond motifs is 1. The molecule has 1 atom stereocenters. The number of hydrogen-bond acceptors (Lipinski definition) is 7. The third kappa shape index (κ3) is 4.14. The lowest BCUT2D eigenvalue weighted by Gasteiger charge is -2.20. The number of benzene rings is 1. The molecule has 0 bridgehead atoms. The first-order valence-electron chi connectivity index (χ1n) is 8.69. The van der Waals surface area contributed by atoms with Crippen molar-refractivity contribution in [2.45, 2.75) is 19.9 Å². The lowest BCUT2D eigenvalue weighted by Crippen LogP contribution is -2.39. The molecule has 6 N–H and O–H groups in total. The van der Waals surface area contributed by atoms with Crippen LogP contribution in [-0.2, 0) is 4.79 Å². The second-order valence-electron chi connectivity index (χ2n) is 6.62. The summed E-state index contributed by atoms with van der Waals surface area (Å²) in [6.45, 7) is 3.71. The molecule has 0 aliphatic carbocycles. The average Bonchev–Trinajstić information content (AvgIpc) is 2.65. The van der Waals surface area contributed by atoms with Gasteiger partial charge in [0.1, 0.15) is 11.9 Å². The number of pyridine rings is 1. The molecule has 2 aromatic heterocycles. The van der Waals surface area contributed by atoms with Crippen molar-refractivity contribution >= 4 is 40.0 Å². The quantitative estimate of drug-likeness (QED) is 0.489. The Hall–Kier alpha value is -3.75. The highest BCUT2D eigenvalue weighted by atomic mass is 16.1. The van der Waals surface area contributed by atoms with E-state index in [0.29, 0.717) is 11.5 Å². The largest absolute Gasteiger partial charge is 0.368 e. The van der Waals surface area contributed by atoms with Gasteiger partial charge in [0.15, 0.2) is 11.5 Å². The predicted molar refractivity (Wildman–Crippen MR) is 107 cm³/mol. The smallest absolute Gasteiger partial charge is 0.271 e. The first-order chi connectivity index (χ1) is 13.3. The van der Waals surface area contributed by atoms with Crippen molar-refractivity contribution in [1.29, 1.82) is 0 Å². The number of carbonyl (C=O) groups excluding carboxylic acids is 2. The third-order valence-electron chi connectivity index (χ3n) is 4.15. The van der Waals surface area contributed by atoms with Crippen molar-refractivity contribution in [2.24, 2.45) is 17.4 Å². The molecule has 0 fully saturated rings. The Balaban J connectivity index is 1.95. The van der Waals surface area contributed by atoms with E-state index in [2.05, 4.69) is 25.6 Å². The molecule has 2 amide bonds. The van der Waals surface area contributed by atoms with Crippen LogP contribution in [0.5, 0.6) is 0 Å². The predicted octanol–water partition coefficient (Wildman–Crippen LogP) is 1.79. The van der Waals surface area contributed by atoms with Crippen LogP contribution >= 0.6 is 0 Å². The van der Waals surface area contributed by atoms with Gasteiger partial charge in [-0.15, -0.1) is 0 Å². The Bertz CT molecular complexity index is 1040. The minimum atomic E-state index is -0.723. The van der Waals surface area contributed by atoms with Crippen molar-refractivity contribution in [2.75, 3.05) is 10.6 Å². The summed E-state index contributed by atoms with van der Waals surface area (Å²) in [6, 6.07) is 8.65. The van der Waals surface area contributed by atoms with Gasteiger partial charge < -0.3 is 22.1 Å². The van der Waals surface area contributed by atoms with E-state index < -0.39 is 17.9 Å². The maximum atomic E-state index is 11.7. The molecular formula is C19H21N7O2. The van der Waals surface area contributed by atoms with Crippen molar-refractivity contribution < 1.29 is 9.59 Å². The van der Waals surface area contributed by atoms with E-state index in [4.69, 9.17) is 11.5 Å². The summed E-state index contributed by atoms with van der Waals surface area (Å²) in [7, 11) is 0. The minimum Gasteiger partial charge on any atom is -0.368 e. The molecule has 9 heteroatoms. The van der Waals surface area contributed by atoms with Gasteiger partial charge in [0.25, 0.3) is 5.91 Å². The van der Waals surface area contributed by atoms with Crippen molar-refractivity contribution in [3.05, 3.63) is 48.4 Å². The number of aromatic nitrogens is 3. The van der Waals surface area contributed by atoms with Crippen LogP contribution in [0.2, 0.25) is 0 Å². The molecule has 3 aromatic rings. The highest BCUT2D eigenvalue weighted by molar-refractivity contribution is 5.97. The molecule has 3 rings (SSSR count). The van der Waals surface area contributed by atoms with Crippen LogP contribution in [0.4, 0.5) is 17.3 Å². The molecule has 28 heavy (non-hydrogen) atoms. The molecule has 9 nitrogen and oxygen atoms in total. The van der Waals surface area contributed by atoms with E-state index in [9.17, 15) is 9.59 Å². The monoisotopic (exact) mass is 379 g/mol. The normalized spacial score (nSPS) is 12.0. The van der Waals surface area contributed by atoms with Crippen LogP contribution in [0.25, 0.3) is 10.9 Å². The number of nitrogens with zero attached hydrogens (tertiary/aromatic N) is 3. The lowest BCUT2D eigenvalue weighted by molar-refractivity contribution is -0.119. The number of anilines is 3. The number of nitrogens with two attached hydrogens (primary N) is 2.